The molecule has 2 heteroatoms. The Bertz CT molecular complexity index is 478. The molecule has 2 saturated carbocycles. The highest BCUT2D eigenvalue weighted by Crippen LogP contribution is 2.60. The van der Waals surface area contributed by atoms with Crippen molar-refractivity contribution in [2.24, 2.45) is 23.2 Å². The summed E-state index contributed by atoms with van der Waals surface area (Å²) in [6, 6.07) is 0. The van der Waals surface area contributed by atoms with Gasteiger partial charge in [0.15, 0.2) is 0 Å². The summed E-state index contributed by atoms with van der Waals surface area (Å²) >= 11 is 0. The number of hydrogen-bond donors (Lipinski definition) is 1. The first kappa shape index (κ1) is 13.1. The molecule has 4 rings (SSSR count). The van der Waals surface area contributed by atoms with Crippen LogP contribution in [0.15, 0.2) is 11.1 Å². The molecule has 0 saturated heterocycles. The lowest BCUT2D eigenvalue weighted by atomic mass is 9.54. The van der Waals surface area contributed by atoms with Crippen molar-refractivity contribution in [2.45, 2.75) is 70.8 Å². The Morgan fingerprint density at radius 2 is 1.95 bits per heavy atom. The molecule has 0 aromatic carbocycles. The molecule has 20 heavy (non-hydrogen) atoms. The van der Waals surface area contributed by atoms with Crippen molar-refractivity contribution >= 4 is 5.78 Å². The fourth-order valence-corrected chi connectivity index (χ4v) is 6.02. The van der Waals surface area contributed by atoms with Crippen LogP contribution in [-0.2, 0) is 4.79 Å². The molecule has 4 aliphatic rings. The Morgan fingerprint density at radius 3 is 2.80 bits per heavy atom. The summed E-state index contributed by atoms with van der Waals surface area (Å²) in [5.41, 5.74) is 3.36. The average molecular weight is 274 g/mol. The summed E-state index contributed by atoms with van der Waals surface area (Å²) in [6.07, 6.45) is 9.60. The molecule has 0 bridgehead atoms. The van der Waals surface area contributed by atoms with E-state index in [4.69, 9.17) is 0 Å². The Hall–Kier alpha value is -0.630. The van der Waals surface area contributed by atoms with E-state index in [0.29, 0.717) is 5.78 Å². The molecular formula is C18H26O2. The summed E-state index contributed by atoms with van der Waals surface area (Å²) in [6.45, 7) is 2.33. The normalized spacial score (nSPS) is 47.8. The first-order chi connectivity index (χ1) is 9.59. The Kier molecular flexibility index (Phi) is 2.89. The van der Waals surface area contributed by atoms with E-state index in [-0.39, 0.29) is 11.5 Å². The van der Waals surface area contributed by atoms with E-state index in [1.807, 2.05) is 0 Å². The van der Waals surface area contributed by atoms with Gasteiger partial charge in [0.1, 0.15) is 5.78 Å². The molecule has 0 aromatic rings. The van der Waals surface area contributed by atoms with Gasteiger partial charge in [0.05, 0.1) is 6.10 Å². The van der Waals surface area contributed by atoms with Gasteiger partial charge in [-0.1, -0.05) is 18.1 Å². The van der Waals surface area contributed by atoms with Crippen LogP contribution in [0.2, 0.25) is 0 Å². The zero-order chi connectivity index (χ0) is 13.9. The Labute approximate surface area is 121 Å². The minimum absolute atomic E-state index is 0.0724. The monoisotopic (exact) mass is 274 g/mol. The minimum Gasteiger partial charge on any atom is -0.393 e. The molecule has 0 aliphatic heterocycles. The van der Waals surface area contributed by atoms with Crippen molar-refractivity contribution in [3.63, 3.8) is 0 Å². The molecule has 0 radical (unpaired) electrons. The van der Waals surface area contributed by atoms with Gasteiger partial charge in [-0.25, -0.2) is 0 Å². The number of aliphatic hydroxyl groups is 1. The van der Waals surface area contributed by atoms with Gasteiger partial charge in [0.2, 0.25) is 0 Å². The Morgan fingerprint density at radius 1 is 1.10 bits per heavy atom. The second kappa shape index (κ2) is 4.43. The van der Waals surface area contributed by atoms with E-state index in [9.17, 15) is 9.90 Å². The Balaban J connectivity index is 1.65. The van der Waals surface area contributed by atoms with Crippen LogP contribution in [0.3, 0.4) is 0 Å². The first-order valence-corrected chi connectivity index (χ1v) is 8.50. The largest absolute Gasteiger partial charge is 0.393 e. The molecule has 0 aromatic heterocycles. The van der Waals surface area contributed by atoms with Crippen LogP contribution in [0.1, 0.15) is 64.7 Å². The summed E-state index contributed by atoms with van der Waals surface area (Å²) in [4.78, 5) is 11.7. The molecule has 0 spiro atoms. The number of Topliss-reactive ketones (excluding diaryl/α,β-unsaturated/α-hetero) is 1. The minimum atomic E-state index is -0.0724. The number of allylic oxidation sites excluding steroid dienone is 2. The molecule has 5 atom stereocenters. The highest BCUT2D eigenvalue weighted by Gasteiger charge is 2.54. The van der Waals surface area contributed by atoms with Crippen LogP contribution >= 0.6 is 0 Å². The van der Waals surface area contributed by atoms with E-state index in [1.165, 1.54) is 31.3 Å². The second-order valence-electron chi connectivity index (χ2n) is 7.90. The van der Waals surface area contributed by atoms with E-state index >= 15 is 0 Å². The van der Waals surface area contributed by atoms with E-state index in [2.05, 4.69) is 6.92 Å². The van der Waals surface area contributed by atoms with Crippen molar-refractivity contribution in [1.29, 1.82) is 0 Å². The van der Waals surface area contributed by atoms with Crippen LogP contribution in [-0.4, -0.2) is 17.0 Å². The second-order valence-corrected chi connectivity index (χ2v) is 7.90. The third-order valence-corrected chi connectivity index (χ3v) is 7.15. The molecule has 4 aliphatic carbocycles. The van der Waals surface area contributed by atoms with Crippen LogP contribution in [0.5, 0.6) is 0 Å². The average Bonchev–Trinajstić information content (AvgIpc) is 2.74. The van der Waals surface area contributed by atoms with Gasteiger partial charge in [-0.05, 0) is 68.1 Å². The van der Waals surface area contributed by atoms with Crippen molar-refractivity contribution in [1.82, 2.24) is 0 Å². The van der Waals surface area contributed by atoms with Gasteiger partial charge < -0.3 is 5.11 Å². The lowest BCUT2D eigenvalue weighted by molar-refractivity contribution is -0.119. The summed E-state index contributed by atoms with van der Waals surface area (Å²) < 4.78 is 0. The van der Waals surface area contributed by atoms with Crippen molar-refractivity contribution in [3.05, 3.63) is 11.1 Å². The van der Waals surface area contributed by atoms with Crippen molar-refractivity contribution in [2.75, 3.05) is 0 Å². The third-order valence-electron chi connectivity index (χ3n) is 7.15. The number of fused-ring (bicyclic) bond motifs is 4. The highest BCUT2D eigenvalue weighted by atomic mass is 16.3. The van der Waals surface area contributed by atoms with E-state index in [0.717, 1.165) is 49.9 Å². The molecule has 1 N–H and O–H groups in total. The van der Waals surface area contributed by atoms with Gasteiger partial charge >= 0.3 is 0 Å². The van der Waals surface area contributed by atoms with Crippen LogP contribution in [0, 0.1) is 23.2 Å². The fraction of sp³-hybridized carbons (Fsp3) is 0.833. The predicted molar refractivity (Wildman–Crippen MR) is 78.2 cm³/mol. The maximum absolute atomic E-state index is 11.7. The van der Waals surface area contributed by atoms with Gasteiger partial charge in [-0.3, -0.25) is 4.79 Å². The number of carbonyl (C=O) groups excluding carboxylic acids is 1. The predicted octanol–water partition coefficient (Wildman–Crippen LogP) is 3.63. The molecule has 2 fully saturated rings. The van der Waals surface area contributed by atoms with Gasteiger partial charge in [-0.15, -0.1) is 0 Å². The van der Waals surface area contributed by atoms with E-state index < -0.39 is 0 Å². The number of ketones is 1. The number of aliphatic hydroxyl groups excluding tert-OH is 1. The van der Waals surface area contributed by atoms with Crippen LogP contribution in [0.25, 0.3) is 0 Å². The molecule has 3 unspecified atom stereocenters. The maximum atomic E-state index is 11.7. The lowest BCUT2D eigenvalue weighted by Gasteiger charge is -2.51. The van der Waals surface area contributed by atoms with Gasteiger partial charge in [0.25, 0.3) is 0 Å². The molecule has 0 amide bonds. The van der Waals surface area contributed by atoms with Crippen molar-refractivity contribution in [3.8, 4) is 0 Å². The molecule has 2 nitrogen and oxygen atoms in total. The SMILES string of the molecule is C[C@]12CCC3C4=C(CCC3C1CC[C@@H]2O)CC(=O)CC4. The fourth-order valence-electron chi connectivity index (χ4n) is 6.02. The zero-order valence-electron chi connectivity index (χ0n) is 12.5. The molecular weight excluding hydrogens is 248 g/mol. The first-order valence-electron chi connectivity index (χ1n) is 8.50. The summed E-state index contributed by atoms with van der Waals surface area (Å²) in [5, 5.41) is 10.4. The number of carbonyl (C=O) groups is 1. The standard InChI is InChI=1S/C18H26O2/c1-18-9-8-14-13-5-3-12(19)10-11(13)2-4-15(14)16(18)6-7-17(18)20/h14-17,20H,2-10H2,1H3/t14?,15?,16?,17-,18-/m0/s1. The van der Waals surface area contributed by atoms with Gasteiger partial charge in [0, 0.05) is 12.8 Å². The lowest BCUT2D eigenvalue weighted by Crippen LogP contribution is -2.45. The third kappa shape index (κ3) is 1.70. The van der Waals surface area contributed by atoms with Gasteiger partial charge in [-0.2, -0.15) is 0 Å². The summed E-state index contributed by atoms with van der Waals surface area (Å²) in [5.74, 6) is 2.72. The molecule has 110 valence electrons. The van der Waals surface area contributed by atoms with E-state index in [1.54, 1.807) is 5.57 Å². The maximum Gasteiger partial charge on any atom is 0.137 e. The van der Waals surface area contributed by atoms with Crippen LogP contribution < -0.4 is 0 Å². The van der Waals surface area contributed by atoms with Crippen LogP contribution in [0.4, 0.5) is 0 Å². The number of rotatable bonds is 0. The molecule has 0 heterocycles. The topological polar surface area (TPSA) is 37.3 Å². The van der Waals surface area contributed by atoms with Crippen molar-refractivity contribution < 1.29 is 9.90 Å². The highest BCUT2D eigenvalue weighted by molar-refractivity contribution is 5.82. The summed E-state index contributed by atoms with van der Waals surface area (Å²) in [7, 11) is 0. The number of hydrogen-bond acceptors (Lipinski definition) is 2. The quantitative estimate of drug-likeness (QED) is 0.685. The smallest absolute Gasteiger partial charge is 0.137 e. The zero-order valence-corrected chi connectivity index (χ0v) is 12.5.